The molecule has 0 spiro atoms. The Bertz CT molecular complexity index is 404. The molecule has 1 aromatic rings. The highest BCUT2D eigenvalue weighted by molar-refractivity contribution is 5.34. The fourth-order valence-electron chi connectivity index (χ4n) is 2.50. The summed E-state index contributed by atoms with van der Waals surface area (Å²) in [5.41, 5.74) is 3.86. The number of aliphatic hydroxyl groups excluding tert-OH is 1. The van der Waals surface area contributed by atoms with E-state index in [-0.39, 0.29) is 0 Å². The molecule has 1 aliphatic rings. The van der Waals surface area contributed by atoms with Gasteiger partial charge in [0.15, 0.2) is 0 Å². The fraction of sp³-hybridized carbons (Fsp3) is 0.625. The Kier molecular flexibility index (Phi) is 5.37. The third kappa shape index (κ3) is 4.30. The SMILES string of the molecule is CN(C)CCOCC(O)c1ccc2c(c1)CCCC2. The summed E-state index contributed by atoms with van der Waals surface area (Å²) in [5, 5.41) is 10.1. The van der Waals surface area contributed by atoms with E-state index < -0.39 is 6.10 Å². The number of hydrogen-bond donors (Lipinski definition) is 1. The van der Waals surface area contributed by atoms with Crippen LogP contribution >= 0.6 is 0 Å². The van der Waals surface area contributed by atoms with Crippen LogP contribution in [0.2, 0.25) is 0 Å². The topological polar surface area (TPSA) is 32.7 Å². The number of ether oxygens (including phenoxy) is 1. The van der Waals surface area contributed by atoms with E-state index in [0.717, 1.165) is 18.5 Å². The summed E-state index contributed by atoms with van der Waals surface area (Å²) in [6.45, 7) is 1.93. The molecule has 1 N–H and O–H groups in total. The van der Waals surface area contributed by atoms with Crippen LogP contribution in [0.3, 0.4) is 0 Å². The Morgan fingerprint density at radius 3 is 2.68 bits per heavy atom. The maximum Gasteiger partial charge on any atom is 0.102 e. The number of rotatable bonds is 6. The van der Waals surface area contributed by atoms with Crippen LogP contribution in [-0.2, 0) is 17.6 Å². The van der Waals surface area contributed by atoms with Gasteiger partial charge in [0.05, 0.1) is 13.2 Å². The van der Waals surface area contributed by atoms with Gasteiger partial charge in [-0.25, -0.2) is 0 Å². The molecule has 1 aromatic carbocycles. The molecule has 106 valence electrons. The zero-order valence-electron chi connectivity index (χ0n) is 12.1. The Labute approximate surface area is 116 Å². The molecule has 0 saturated heterocycles. The van der Waals surface area contributed by atoms with Gasteiger partial charge >= 0.3 is 0 Å². The summed E-state index contributed by atoms with van der Waals surface area (Å²) in [7, 11) is 4.03. The summed E-state index contributed by atoms with van der Waals surface area (Å²) in [6, 6.07) is 6.38. The van der Waals surface area contributed by atoms with Gasteiger partial charge in [-0.3, -0.25) is 0 Å². The first-order chi connectivity index (χ1) is 9.16. The van der Waals surface area contributed by atoms with Gasteiger partial charge in [-0.2, -0.15) is 0 Å². The zero-order chi connectivity index (χ0) is 13.7. The average Bonchev–Trinajstić information content (AvgIpc) is 2.42. The second kappa shape index (κ2) is 7.04. The van der Waals surface area contributed by atoms with E-state index >= 15 is 0 Å². The van der Waals surface area contributed by atoms with E-state index in [1.54, 1.807) is 0 Å². The van der Waals surface area contributed by atoms with Crippen LogP contribution in [0.15, 0.2) is 18.2 Å². The Morgan fingerprint density at radius 1 is 1.21 bits per heavy atom. The highest BCUT2D eigenvalue weighted by Gasteiger charge is 2.13. The van der Waals surface area contributed by atoms with E-state index in [4.69, 9.17) is 4.74 Å². The van der Waals surface area contributed by atoms with Gasteiger partial charge in [-0.15, -0.1) is 0 Å². The lowest BCUT2D eigenvalue weighted by Crippen LogP contribution is -2.19. The number of aliphatic hydroxyl groups is 1. The van der Waals surface area contributed by atoms with Crippen molar-refractivity contribution in [2.45, 2.75) is 31.8 Å². The van der Waals surface area contributed by atoms with Gasteiger partial charge < -0.3 is 14.7 Å². The molecular formula is C16H25NO2. The van der Waals surface area contributed by atoms with Crippen LogP contribution in [-0.4, -0.2) is 43.9 Å². The van der Waals surface area contributed by atoms with Gasteiger partial charge in [0.1, 0.15) is 6.10 Å². The molecule has 0 radical (unpaired) electrons. The molecule has 0 aromatic heterocycles. The van der Waals surface area contributed by atoms with E-state index in [2.05, 4.69) is 17.0 Å². The quantitative estimate of drug-likeness (QED) is 0.799. The number of likely N-dealkylation sites (N-methyl/N-ethyl adjacent to an activating group) is 1. The van der Waals surface area contributed by atoms with Crippen LogP contribution < -0.4 is 0 Å². The van der Waals surface area contributed by atoms with Crippen molar-refractivity contribution >= 4 is 0 Å². The number of fused-ring (bicyclic) bond motifs is 1. The Morgan fingerprint density at radius 2 is 1.95 bits per heavy atom. The van der Waals surface area contributed by atoms with E-state index in [1.165, 1.54) is 30.4 Å². The molecule has 0 bridgehead atoms. The number of nitrogens with zero attached hydrogens (tertiary/aromatic N) is 1. The minimum absolute atomic E-state index is 0.382. The smallest absolute Gasteiger partial charge is 0.102 e. The largest absolute Gasteiger partial charge is 0.386 e. The lowest BCUT2D eigenvalue weighted by molar-refractivity contribution is 0.0306. The van der Waals surface area contributed by atoms with Crippen LogP contribution in [0.4, 0.5) is 0 Å². The molecule has 1 aliphatic carbocycles. The normalized spacial score (nSPS) is 16.4. The maximum absolute atomic E-state index is 10.1. The van der Waals surface area contributed by atoms with Crippen molar-refractivity contribution in [2.24, 2.45) is 0 Å². The summed E-state index contributed by atoms with van der Waals surface area (Å²) < 4.78 is 5.51. The molecule has 0 saturated carbocycles. The fourth-order valence-corrected chi connectivity index (χ4v) is 2.50. The Balaban J connectivity index is 1.86. The second-order valence-corrected chi connectivity index (χ2v) is 5.63. The predicted molar refractivity (Wildman–Crippen MR) is 77.4 cm³/mol. The third-order valence-electron chi connectivity index (χ3n) is 3.72. The summed E-state index contributed by atoms with van der Waals surface area (Å²) in [4.78, 5) is 2.07. The lowest BCUT2D eigenvalue weighted by Gasteiger charge is -2.19. The minimum Gasteiger partial charge on any atom is -0.386 e. The number of aryl methyl sites for hydroxylation is 2. The van der Waals surface area contributed by atoms with Gasteiger partial charge in [0.25, 0.3) is 0 Å². The molecule has 0 aliphatic heterocycles. The monoisotopic (exact) mass is 263 g/mol. The van der Waals surface area contributed by atoms with E-state index in [9.17, 15) is 5.11 Å². The summed E-state index contributed by atoms with van der Waals surface area (Å²) in [5.74, 6) is 0. The van der Waals surface area contributed by atoms with Gasteiger partial charge in [-0.1, -0.05) is 18.2 Å². The predicted octanol–water partition coefficient (Wildman–Crippen LogP) is 2.18. The van der Waals surface area contributed by atoms with Gasteiger partial charge in [0, 0.05) is 6.54 Å². The first-order valence-corrected chi connectivity index (χ1v) is 7.19. The van der Waals surface area contributed by atoms with E-state index in [0.29, 0.717) is 13.2 Å². The first-order valence-electron chi connectivity index (χ1n) is 7.19. The molecule has 0 heterocycles. The minimum atomic E-state index is -0.505. The van der Waals surface area contributed by atoms with Crippen LogP contribution in [0, 0.1) is 0 Å². The zero-order valence-corrected chi connectivity index (χ0v) is 12.1. The van der Waals surface area contributed by atoms with Crippen LogP contribution in [0.1, 0.15) is 35.6 Å². The molecule has 2 rings (SSSR count). The Hall–Kier alpha value is -0.900. The molecule has 19 heavy (non-hydrogen) atoms. The van der Waals surface area contributed by atoms with Crippen molar-refractivity contribution in [2.75, 3.05) is 33.9 Å². The van der Waals surface area contributed by atoms with Crippen molar-refractivity contribution in [1.82, 2.24) is 4.90 Å². The maximum atomic E-state index is 10.1. The van der Waals surface area contributed by atoms with Crippen molar-refractivity contribution in [3.05, 3.63) is 34.9 Å². The highest BCUT2D eigenvalue weighted by atomic mass is 16.5. The molecule has 3 heteroatoms. The molecule has 1 unspecified atom stereocenters. The van der Waals surface area contributed by atoms with Crippen molar-refractivity contribution in [3.63, 3.8) is 0 Å². The second-order valence-electron chi connectivity index (χ2n) is 5.63. The van der Waals surface area contributed by atoms with Crippen LogP contribution in [0.5, 0.6) is 0 Å². The van der Waals surface area contributed by atoms with Gasteiger partial charge in [0.2, 0.25) is 0 Å². The van der Waals surface area contributed by atoms with Crippen LogP contribution in [0.25, 0.3) is 0 Å². The molecule has 0 amide bonds. The van der Waals surface area contributed by atoms with Crippen molar-refractivity contribution < 1.29 is 9.84 Å². The lowest BCUT2D eigenvalue weighted by atomic mass is 9.89. The summed E-state index contributed by atoms with van der Waals surface area (Å²) in [6.07, 6.45) is 4.39. The van der Waals surface area contributed by atoms with Gasteiger partial charge in [-0.05, 0) is 56.5 Å². The first kappa shape index (κ1) is 14.5. The van der Waals surface area contributed by atoms with E-state index in [1.807, 2.05) is 20.2 Å². The van der Waals surface area contributed by atoms with Crippen molar-refractivity contribution in [3.8, 4) is 0 Å². The molecule has 1 atom stereocenters. The molecule has 3 nitrogen and oxygen atoms in total. The molecule has 0 fully saturated rings. The number of benzene rings is 1. The summed E-state index contributed by atoms with van der Waals surface area (Å²) >= 11 is 0. The standard InChI is InChI=1S/C16H25NO2/c1-17(2)9-10-19-12-16(18)15-8-7-13-5-3-4-6-14(13)11-15/h7-8,11,16,18H,3-6,9-10,12H2,1-2H3. The molecular weight excluding hydrogens is 238 g/mol. The van der Waals surface area contributed by atoms with Crippen molar-refractivity contribution in [1.29, 1.82) is 0 Å². The average molecular weight is 263 g/mol. The third-order valence-corrected chi connectivity index (χ3v) is 3.72. The number of hydrogen-bond acceptors (Lipinski definition) is 3. The highest BCUT2D eigenvalue weighted by Crippen LogP contribution is 2.24.